The molecule has 0 radical (unpaired) electrons. The van der Waals surface area contributed by atoms with Crippen LogP contribution in [-0.2, 0) is 16.0 Å². The van der Waals surface area contributed by atoms with E-state index in [1.54, 1.807) is 30.9 Å². The van der Waals surface area contributed by atoms with Gasteiger partial charge in [-0.3, -0.25) is 24.6 Å². The number of nitrogens with zero attached hydrogens (tertiary/aromatic N) is 1. The van der Waals surface area contributed by atoms with Crippen LogP contribution < -0.4 is 5.32 Å². The number of hydrogen-bond donors (Lipinski definition) is 1. The lowest BCUT2D eigenvalue weighted by Crippen LogP contribution is -2.64. The molecule has 1 saturated heterocycles. The summed E-state index contributed by atoms with van der Waals surface area (Å²) >= 11 is 0. The van der Waals surface area contributed by atoms with E-state index in [9.17, 15) is 14.4 Å². The van der Waals surface area contributed by atoms with Gasteiger partial charge in [0.15, 0.2) is 5.78 Å². The van der Waals surface area contributed by atoms with E-state index < -0.39 is 5.54 Å². The van der Waals surface area contributed by atoms with Crippen molar-refractivity contribution in [1.29, 1.82) is 0 Å². The van der Waals surface area contributed by atoms with Crippen LogP contribution >= 0.6 is 0 Å². The van der Waals surface area contributed by atoms with Gasteiger partial charge in [0.1, 0.15) is 0 Å². The number of nitrogens with one attached hydrogen (secondary N) is 1. The first kappa shape index (κ1) is 15.4. The Morgan fingerprint density at radius 2 is 1.86 bits per heavy atom. The molecule has 1 aliphatic rings. The van der Waals surface area contributed by atoms with Gasteiger partial charge in [-0.2, -0.15) is 0 Å². The normalized spacial score (nSPS) is 18.4. The molecule has 21 heavy (non-hydrogen) atoms. The van der Waals surface area contributed by atoms with E-state index >= 15 is 0 Å². The second-order valence-corrected chi connectivity index (χ2v) is 5.77. The van der Waals surface area contributed by atoms with Crippen LogP contribution in [0.3, 0.4) is 0 Å². The fourth-order valence-corrected chi connectivity index (χ4v) is 2.28. The van der Waals surface area contributed by atoms with Crippen LogP contribution in [0.25, 0.3) is 0 Å². The van der Waals surface area contributed by atoms with E-state index in [0.29, 0.717) is 5.56 Å². The molecule has 0 unspecified atom stereocenters. The molecule has 0 bridgehead atoms. The molecule has 2 rings (SSSR count). The number of ketones is 1. The molecule has 0 atom stereocenters. The Morgan fingerprint density at radius 3 is 2.43 bits per heavy atom. The quantitative estimate of drug-likeness (QED) is 0.667. The van der Waals surface area contributed by atoms with Gasteiger partial charge in [-0.15, -0.1) is 0 Å². The van der Waals surface area contributed by atoms with Crippen LogP contribution in [0.2, 0.25) is 0 Å². The summed E-state index contributed by atoms with van der Waals surface area (Å²) in [5.74, 6) is -0.824. The van der Waals surface area contributed by atoms with Gasteiger partial charge in [0.2, 0.25) is 11.8 Å². The molecule has 1 N–H and O–H groups in total. The Morgan fingerprint density at radius 1 is 1.24 bits per heavy atom. The summed E-state index contributed by atoms with van der Waals surface area (Å²) in [5.41, 5.74) is 0.897. The van der Waals surface area contributed by atoms with Crippen molar-refractivity contribution in [1.82, 2.24) is 10.2 Å². The van der Waals surface area contributed by atoms with Gasteiger partial charge in [-0.25, -0.2) is 0 Å². The van der Waals surface area contributed by atoms with Crippen LogP contribution in [0.1, 0.15) is 36.7 Å². The zero-order valence-corrected chi connectivity index (χ0v) is 12.6. The summed E-state index contributed by atoms with van der Waals surface area (Å²) in [4.78, 5) is 37.3. The van der Waals surface area contributed by atoms with Gasteiger partial charge in [-0.05, 0) is 25.8 Å². The molecule has 0 aromatic heterocycles. The molecule has 0 spiro atoms. The van der Waals surface area contributed by atoms with E-state index in [1.807, 2.05) is 12.1 Å². The van der Waals surface area contributed by atoms with Gasteiger partial charge in [-0.1, -0.05) is 31.2 Å². The first-order chi connectivity index (χ1) is 9.84. The van der Waals surface area contributed by atoms with Gasteiger partial charge >= 0.3 is 0 Å². The van der Waals surface area contributed by atoms with Gasteiger partial charge in [0.05, 0.1) is 18.6 Å². The molecule has 112 valence electrons. The molecule has 1 fully saturated rings. The highest BCUT2D eigenvalue weighted by Gasteiger charge is 2.41. The van der Waals surface area contributed by atoms with Crippen LogP contribution in [0, 0.1) is 0 Å². The molecule has 2 amide bonds. The monoisotopic (exact) mass is 288 g/mol. The van der Waals surface area contributed by atoms with E-state index in [1.165, 1.54) is 5.56 Å². The summed E-state index contributed by atoms with van der Waals surface area (Å²) < 4.78 is 0. The average Bonchev–Trinajstić information content (AvgIpc) is 2.45. The van der Waals surface area contributed by atoms with Crippen molar-refractivity contribution in [3.63, 3.8) is 0 Å². The van der Waals surface area contributed by atoms with Crippen molar-refractivity contribution in [3.05, 3.63) is 35.4 Å². The third kappa shape index (κ3) is 3.19. The molecule has 1 heterocycles. The molecule has 1 aromatic carbocycles. The fraction of sp³-hybridized carbons (Fsp3) is 0.438. The predicted octanol–water partition coefficient (Wildman–Crippen LogP) is 1.17. The van der Waals surface area contributed by atoms with E-state index in [0.717, 1.165) is 6.42 Å². The second kappa shape index (κ2) is 5.77. The van der Waals surface area contributed by atoms with E-state index in [-0.39, 0.29) is 30.7 Å². The first-order valence-electron chi connectivity index (χ1n) is 7.06. The largest absolute Gasteiger partial charge is 0.294 e. The molecular formula is C16H20N2O3. The lowest BCUT2D eigenvalue weighted by molar-refractivity contribution is -0.144. The number of amides is 2. The topological polar surface area (TPSA) is 66.5 Å². The standard InChI is InChI=1S/C16H20N2O3/c1-4-11-5-7-12(8-6-11)13(19)9-18-10-14(20)17-15(21)16(18,2)3/h5-8H,4,9-10H2,1-3H3,(H,17,20,21). The number of hydrogen-bond acceptors (Lipinski definition) is 4. The van der Waals surface area contributed by atoms with Gasteiger partial charge in [0.25, 0.3) is 0 Å². The zero-order chi connectivity index (χ0) is 15.6. The lowest BCUT2D eigenvalue weighted by Gasteiger charge is -2.39. The Kier molecular flexibility index (Phi) is 4.23. The Bertz CT molecular complexity index is 576. The number of benzene rings is 1. The van der Waals surface area contributed by atoms with Crippen molar-refractivity contribution in [2.24, 2.45) is 0 Å². The maximum absolute atomic E-state index is 12.3. The highest BCUT2D eigenvalue weighted by Crippen LogP contribution is 2.19. The first-order valence-corrected chi connectivity index (χ1v) is 7.06. The average molecular weight is 288 g/mol. The van der Waals surface area contributed by atoms with Crippen LogP contribution in [0.15, 0.2) is 24.3 Å². The molecule has 0 aliphatic carbocycles. The smallest absolute Gasteiger partial charge is 0.246 e. The number of carbonyl (C=O) groups excluding carboxylic acids is 3. The van der Waals surface area contributed by atoms with Crippen molar-refractivity contribution in [3.8, 4) is 0 Å². The number of imide groups is 1. The fourth-order valence-electron chi connectivity index (χ4n) is 2.28. The number of piperazine rings is 1. The molecule has 5 nitrogen and oxygen atoms in total. The van der Waals surface area contributed by atoms with E-state index in [4.69, 9.17) is 0 Å². The van der Waals surface area contributed by atoms with Crippen molar-refractivity contribution >= 4 is 17.6 Å². The minimum Gasteiger partial charge on any atom is -0.294 e. The Balaban J connectivity index is 2.13. The maximum Gasteiger partial charge on any atom is 0.246 e. The van der Waals surface area contributed by atoms with Gasteiger partial charge < -0.3 is 0 Å². The lowest BCUT2D eigenvalue weighted by atomic mass is 9.97. The zero-order valence-electron chi connectivity index (χ0n) is 12.6. The van der Waals surface area contributed by atoms with Crippen LogP contribution in [0.5, 0.6) is 0 Å². The highest BCUT2D eigenvalue weighted by molar-refractivity contribution is 6.04. The molecular weight excluding hydrogens is 268 g/mol. The van der Waals surface area contributed by atoms with Crippen LogP contribution in [0.4, 0.5) is 0 Å². The maximum atomic E-state index is 12.3. The van der Waals surface area contributed by atoms with Crippen molar-refractivity contribution in [2.75, 3.05) is 13.1 Å². The Hall–Kier alpha value is -2.01. The van der Waals surface area contributed by atoms with Crippen molar-refractivity contribution < 1.29 is 14.4 Å². The summed E-state index contributed by atoms with van der Waals surface area (Å²) in [6, 6.07) is 7.43. The van der Waals surface area contributed by atoms with Gasteiger partial charge in [0, 0.05) is 5.56 Å². The Labute approximate surface area is 124 Å². The number of aryl methyl sites for hydroxylation is 1. The molecule has 1 aliphatic heterocycles. The number of Topliss-reactive ketones (excluding diaryl/α,β-unsaturated/α-hetero) is 1. The molecule has 1 aromatic rings. The SMILES string of the molecule is CCc1ccc(C(=O)CN2CC(=O)NC(=O)C2(C)C)cc1. The summed E-state index contributed by atoms with van der Waals surface area (Å²) in [7, 11) is 0. The third-order valence-electron chi connectivity index (χ3n) is 3.95. The molecule has 5 heteroatoms. The predicted molar refractivity (Wildman–Crippen MR) is 79.0 cm³/mol. The summed E-state index contributed by atoms with van der Waals surface area (Å²) in [5, 5.41) is 2.30. The van der Waals surface area contributed by atoms with E-state index in [2.05, 4.69) is 12.2 Å². The summed E-state index contributed by atoms with van der Waals surface area (Å²) in [6.45, 7) is 5.58. The molecule has 0 saturated carbocycles. The highest BCUT2D eigenvalue weighted by atomic mass is 16.2. The number of rotatable bonds is 4. The second-order valence-electron chi connectivity index (χ2n) is 5.77. The third-order valence-corrected chi connectivity index (χ3v) is 3.95. The minimum atomic E-state index is -0.868. The minimum absolute atomic E-state index is 0.0531. The summed E-state index contributed by atoms with van der Waals surface area (Å²) in [6.07, 6.45) is 0.919. The van der Waals surface area contributed by atoms with Crippen molar-refractivity contribution in [2.45, 2.75) is 32.7 Å². The number of carbonyl (C=O) groups is 3. The van der Waals surface area contributed by atoms with Crippen LogP contribution in [-0.4, -0.2) is 41.1 Å².